The number of nitrogens with zero attached hydrogens (tertiary/aromatic N) is 1. The molecular formula is C23H17NO4. The number of rotatable bonds is 4. The first-order chi connectivity index (χ1) is 13.6. The Bertz CT molecular complexity index is 1040. The highest BCUT2D eigenvalue weighted by atomic mass is 16.7. The van der Waals surface area contributed by atoms with Gasteiger partial charge in [-0.1, -0.05) is 71.8 Å². The van der Waals surface area contributed by atoms with E-state index in [1.54, 1.807) is 24.3 Å². The van der Waals surface area contributed by atoms with Crippen LogP contribution in [0.1, 0.15) is 43.3 Å². The molecule has 0 radical (unpaired) electrons. The predicted octanol–water partition coefficient (Wildman–Crippen LogP) is 3.88. The standard InChI is InChI=1S/C23H17NO4/c1-15-9-5-6-12-17(15)20(16-10-3-2-4-11-16)23(27)28-24-21(25)18-13-7-8-14-19(18)22(24)26/h2-14,20H,1H3. The fourth-order valence-electron chi connectivity index (χ4n) is 3.39. The summed E-state index contributed by atoms with van der Waals surface area (Å²) in [4.78, 5) is 43.5. The number of amides is 2. The van der Waals surface area contributed by atoms with Gasteiger partial charge in [-0.3, -0.25) is 9.59 Å². The molecule has 1 heterocycles. The quantitative estimate of drug-likeness (QED) is 0.653. The second kappa shape index (κ2) is 7.12. The molecule has 5 heteroatoms. The van der Waals surface area contributed by atoms with E-state index in [0.717, 1.165) is 16.7 Å². The Balaban J connectivity index is 1.69. The third kappa shape index (κ3) is 2.97. The molecule has 138 valence electrons. The van der Waals surface area contributed by atoms with Gasteiger partial charge in [0.25, 0.3) is 11.8 Å². The summed E-state index contributed by atoms with van der Waals surface area (Å²) in [7, 11) is 0. The largest absolute Gasteiger partial charge is 0.345 e. The van der Waals surface area contributed by atoms with Gasteiger partial charge in [0.05, 0.1) is 11.1 Å². The van der Waals surface area contributed by atoms with Gasteiger partial charge in [-0.05, 0) is 35.7 Å². The Morgan fingerprint density at radius 3 is 1.93 bits per heavy atom. The van der Waals surface area contributed by atoms with Gasteiger partial charge in [0, 0.05) is 0 Å². The molecular weight excluding hydrogens is 354 g/mol. The summed E-state index contributed by atoms with van der Waals surface area (Å²) in [6.45, 7) is 1.90. The lowest BCUT2D eigenvalue weighted by molar-refractivity contribution is -0.169. The topological polar surface area (TPSA) is 63.7 Å². The van der Waals surface area contributed by atoms with Crippen molar-refractivity contribution in [3.05, 3.63) is 107 Å². The Morgan fingerprint density at radius 2 is 1.32 bits per heavy atom. The second-order valence-corrected chi connectivity index (χ2v) is 6.56. The molecule has 1 aliphatic rings. The van der Waals surface area contributed by atoms with Crippen LogP contribution >= 0.6 is 0 Å². The van der Waals surface area contributed by atoms with Gasteiger partial charge in [0.1, 0.15) is 5.92 Å². The normalized spacial score (nSPS) is 14.0. The minimum Gasteiger partial charge on any atom is -0.329 e. The van der Waals surface area contributed by atoms with E-state index in [4.69, 9.17) is 4.84 Å². The summed E-state index contributed by atoms with van der Waals surface area (Å²) in [5, 5.41) is 0.557. The van der Waals surface area contributed by atoms with Crippen LogP contribution in [0.15, 0.2) is 78.9 Å². The van der Waals surface area contributed by atoms with Gasteiger partial charge < -0.3 is 4.84 Å². The van der Waals surface area contributed by atoms with E-state index in [-0.39, 0.29) is 11.1 Å². The van der Waals surface area contributed by atoms with Crippen molar-refractivity contribution >= 4 is 17.8 Å². The first-order valence-electron chi connectivity index (χ1n) is 8.88. The smallest absolute Gasteiger partial charge is 0.329 e. The number of aryl methyl sites for hydroxylation is 1. The lowest BCUT2D eigenvalue weighted by atomic mass is 9.88. The second-order valence-electron chi connectivity index (χ2n) is 6.56. The highest BCUT2D eigenvalue weighted by Crippen LogP contribution is 2.30. The van der Waals surface area contributed by atoms with E-state index in [1.165, 1.54) is 0 Å². The van der Waals surface area contributed by atoms with Gasteiger partial charge in [-0.25, -0.2) is 4.79 Å². The summed E-state index contributed by atoms with van der Waals surface area (Å²) in [5.74, 6) is -2.71. The average Bonchev–Trinajstić information content (AvgIpc) is 2.96. The summed E-state index contributed by atoms with van der Waals surface area (Å²) in [6.07, 6.45) is 0. The van der Waals surface area contributed by atoms with Crippen LogP contribution < -0.4 is 0 Å². The number of fused-ring (bicyclic) bond motifs is 1. The number of carbonyl (C=O) groups excluding carboxylic acids is 3. The van der Waals surface area contributed by atoms with Crippen molar-refractivity contribution in [1.29, 1.82) is 0 Å². The first kappa shape index (κ1) is 17.7. The van der Waals surface area contributed by atoms with Crippen LogP contribution in [0.3, 0.4) is 0 Å². The van der Waals surface area contributed by atoms with Crippen molar-refractivity contribution < 1.29 is 19.2 Å². The Morgan fingerprint density at radius 1 is 0.786 bits per heavy atom. The van der Waals surface area contributed by atoms with Crippen molar-refractivity contribution in [2.45, 2.75) is 12.8 Å². The molecule has 1 aliphatic heterocycles. The van der Waals surface area contributed by atoms with Gasteiger partial charge in [-0.2, -0.15) is 0 Å². The Labute approximate surface area is 162 Å². The molecule has 0 spiro atoms. The summed E-state index contributed by atoms with van der Waals surface area (Å²) in [6, 6.07) is 23.0. The van der Waals surface area contributed by atoms with Crippen LogP contribution in [0.4, 0.5) is 0 Å². The summed E-state index contributed by atoms with van der Waals surface area (Å²) < 4.78 is 0. The van der Waals surface area contributed by atoms with Gasteiger partial charge in [0.15, 0.2) is 0 Å². The molecule has 0 aliphatic carbocycles. The monoisotopic (exact) mass is 371 g/mol. The third-order valence-corrected chi connectivity index (χ3v) is 4.81. The van der Waals surface area contributed by atoms with Gasteiger partial charge >= 0.3 is 5.97 Å². The van der Waals surface area contributed by atoms with E-state index in [0.29, 0.717) is 5.06 Å². The molecule has 3 aromatic rings. The maximum Gasteiger partial charge on any atom is 0.345 e. The van der Waals surface area contributed by atoms with Gasteiger partial charge in [0.2, 0.25) is 0 Å². The zero-order chi connectivity index (χ0) is 19.7. The third-order valence-electron chi connectivity index (χ3n) is 4.81. The molecule has 0 saturated carbocycles. The zero-order valence-corrected chi connectivity index (χ0v) is 15.2. The van der Waals surface area contributed by atoms with Crippen LogP contribution in [-0.4, -0.2) is 22.8 Å². The van der Waals surface area contributed by atoms with Crippen LogP contribution in [0.5, 0.6) is 0 Å². The van der Waals surface area contributed by atoms with Crippen LogP contribution in [0.25, 0.3) is 0 Å². The molecule has 4 rings (SSSR count). The fraction of sp³-hybridized carbons (Fsp3) is 0.0870. The van der Waals surface area contributed by atoms with E-state index in [1.807, 2.05) is 61.5 Å². The number of hydrogen-bond acceptors (Lipinski definition) is 4. The molecule has 2 amide bonds. The molecule has 5 nitrogen and oxygen atoms in total. The van der Waals surface area contributed by atoms with Crippen molar-refractivity contribution in [1.82, 2.24) is 5.06 Å². The molecule has 0 bridgehead atoms. The maximum absolute atomic E-state index is 13.1. The number of carbonyl (C=O) groups is 3. The molecule has 0 saturated heterocycles. The summed E-state index contributed by atoms with van der Waals surface area (Å²) in [5.41, 5.74) is 2.85. The Hall–Kier alpha value is -3.73. The molecule has 0 fully saturated rings. The molecule has 1 atom stereocenters. The molecule has 3 aromatic carbocycles. The fourth-order valence-corrected chi connectivity index (χ4v) is 3.39. The number of benzene rings is 3. The molecule has 1 unspecified atom stereocenters. The zero-order valence-electron chi connectivity index (χ0n) is 15.2. The van der Waals surface area contributed by atoms with E-state index < -0.39 is 23.7 Å². The first-order valence-corrected chi connectivity index (χ1v) is 8.88. The maximum atomic E-state index is 13.1. The number of hydroxylamine groups is 2. The van der Waals surface area contributed by atoms with E-state index in [2.05, 4.69) is 0 Å². The van der Waals surface area contributed by atoms with Crippen LogP contribution in [0.2, 0.25) is 0 Å². The lowest BCUT2D eigenvalue weighted by Crippen LogP contribution is -2.35. The lowest BCUT2D eigenvalue weighted by Gasteiger charge is -2.21. The van der Waals surface area contributed by atoms with E-state index >= 15 is 0 Å². The van der Waals surface area contributed by atoms with Crippen molar-refractivity contribution in [3.63, 3.8) is 0 Å². The highest BCUT2D eigenvalue weighted by molar-refractivity contribution is 6.21. The van der Waals surface area contributed by atoms with Crippen LogP contribution in [0, 0.1) is 6.92 Å². The minimum absolute atomic E-state index is 0.229. The minimum atomic E-state index is -0.758. The molecule has 28 heavy (non-hydrogen) atoms. The molecule has 0 aromatic heterocycles. The molecule has 0 N–H and O–H groups in total. The predicted molar refractivity (Wildman–Crippen MR) is 102 cm³/mol. The average molecular weight is 371 g/mol. The Kier molecular flexibility index (Phi) is 4.49. The van der Waals surface area contributed by atoms with E-state index in [9.17, 15) is 14.4 Å². The highest BCUT2D eigenvalue weighted by Gasteiger charge is 2.40. The van der Waals surface area contributed by atoms with Crippen molar-refractivity contribution in [2.24, 2.45) is 0 Å². The SMILES string of the molecule is Cc1ccccc1C(C(=O)ON1C(=O)c2ccccc2C1=O)c1ccccc1. The van der Waals surface area contributed by atoms with Crippen molar-refractivity contribution in [3.8, 4) is 0 Å². The number of hydrogen-bond donors (Lipinski definition) is 0. The van der Waals surface area contributed by atoms with Crippen molar-refractivity contribution in [2.75, 3.05) is 0 Å². The van der Waals surface area contributed by atoms with Crippen LogP contribution in [-0.2, 0) is 9.63 Å². The number of imide groups is 1. The summed E-state index contributed by atoms with van der Waals surface area (Å²) >= 11 is 0. The van der Waals surface area contributed by atoms with Gasteiger partial charge in [-0.15, -0.1) is 0 Å².